The van der Waals surface area contributed by atoms with E-state index in [2.05, 4.69) is 24.3 Å². The smallest absolute Gasteiger partial charge is 0.263 e. The maximum Gasteiger partial charge on any atom is 0.263 e. The van der Waals surface area contributed by atoms with E-state index >= 15 is 0 Å². The van der Waals surface area contributed by atoms with Gasteiger partial charge in [-0.15, -0.1) is 0 Å². The first-order valence-electron chi connectivity index (χ1n) is 6.32. The summed E-state index contributed by atoms with van der Waals surface area (Å²) in [5.41, 5.74) is 1.02. The summed E-state index contributed by atoms with van der Waals surface area (Å²) >= 11 is 0. The molecule has 0 atom stereocenters. The maximum absolute atomic E-state index is 12.5. The highest BCUT2D eigenvalue weighted by Gasteiger charge is 2.06. The molecule has 0 saturated heterocycles. The molecule has 1 aromatic rings. The summed E-state index contributed by atoms with van der Waals surface area (Å²) in [7, 11) is 4.12. The number of hydrogen-bond donors (Lipinski definition) is 1. The van der Waals surface area contributed by atoms with Crippen molar-refractivity contribution < 1.29 is 8.78 Å². The van der Waals surface area contributed by atoms with Crippen molar-refractivity contribution in [3.8, 4) is 0 Å². The van der Waals surface area contributed by atoms with Gasteiger partial charge in [-0.25, -0.2) is 8.78 Å². The number of rotatable bonds is 8. The summed E-state index contributed by atoms with van der Waals surface area (Å²) < 4.78 is 25.0. The highest BCUT2D eigenvalue weighted by Crippen LogP contribution is 2.19. The molecule has 0 aliphatic heterocycles. The minimum Gasteiger partial charge on any atom is -0.313 e. The van der Waals surface area contributed by atoms with Crippen molar-refractivity contribution in [2.75, 3.05) is 27.2 Å². The summed E-state index contributed by atoms with van der Waals surface area (Å²) in [6, 6.07) is 6.59. The van der Waals surface area contributed by atoms with Crippen molar-refractivity contribution in [3.05, 3.63) is 35.4 Å². The van der Waals surface area contributed by atoms with E-state index in [0.717, 1.165) is 31.5 Å². The zero-order valence-electron chi connectivity index (χ0n) is 11.1. The third-order valence-corrected chi connectivity index (χ3v) is 2.74. The molecule has 102 valence electrons. The van der Waals surface area contributed by atoms with Gasteiger partial charge >= 0.3 is 0 Å². The molecule has 0 bridgehead atoms. The van der Waals surface area contributed by atoms with Crippen molar-refractivity contribution in [2.45, 2.75) is 25.8 Å². The van der Waals surface area contributed by atoms with Crippen LogP contribution in [0.15, 0.2) is 24.3 Å². The molecule has 0 spiro atoms. The number of halogens is 2. The Kier molecular flexibility index (Phi) is 6.83. The third kappa shape index (κ3) is 6.07. The SMILES string of the molecule is CN(C)CCCCNCc1cccc(C(F)F)c1. The molecular formula is C14H22F2N2. The summed E-state index contributed by atoms with van der Waals surface area (Å²) in [4.78, 5) is 2.16. The monoisotopic (exact) mass is 256 g/mol. The number of alkyl halides is 2. The molecule has 0 aliphatic carbocycles. The number of hydrogen-bond acceptors (Lipinski definition) is 2. The molecule has 1 N–H and O–H groups in total. The lowest BCUT2D eigenvalue weighted by atomic mass is 10.1. The minimum absolute atomic E-state index is 0.0990. The highest BCUT2D eigenvalue weighted by atomic mass is 19.3. The van der Waals surface area contributed by atoms with E-state index in [9.17, 15) is 8.78 Å². The Labute approximate surface area is 108 Å². The predicted octanol–water partition coefficient (Wildman–Crippen LogP) is 3.06. The molecular weight excluding hydrogens is 234 g/mol. The van der Waals surface area contributed by atoms with Crippen LogP contribution in [0.5, 0.6) is 0 Å². The molecule has 0 fully saturated rings. The molecule has 4 heteroatoms. The molecule has 2 nitrogen and oxygen atoms in total. The van der Waals surface area contributed by atoms with Gasteiger partial charge in [0.1, 0.15) is 0 Å². The second-order valence-corrected chi connectivity index (χ2v) is 4.73. The van der Waals surface area contributed by atoms with Gasteiger partial charge in [0.15, 0.2) is 0 Å². The lowest BCUT2D eigenvalue weighted by Crippen LogP contribution is -2.18. The van der Waals surface area contributed by atoms with Crippen LogP contribution in [-0.2, 0) is 6.54 Å². The molecule has 18 heavy (non-hydrogen) atoms. The Morgan fingerprint density at radius 2 is 2.00 bits per heavy atom. The van der Waals surface area contributed by atoms with Gasteiger partial charge < -0.3 is 10.2 Å². The molecule has 1 rings (SSSR count). The third-order valence-electron chi connectivity index (χ3n) is 2.74. The van der Waals surface area contributed by atoms with Crippen molar-refractivity contribution >= 4 is 0 Å². The lowest BCUT2D eigenvalue weighted by Gasteiger charge is -2.10. The van der Waals surface area contributed by atoms with Gasteiger partial charge in [-0.3, -0.25) is 0 Å². The quantitative estimate of drug-likeness (QED) is 0.719. The molecule has 0 aliphatic rings. The largest absolute Gasteiger partial charge is 0.313 e. The Balaban J connectivity index is 2.21. The van der Waals surface area contributed by atoms with Crippen LogP contribution in [0.1, 0.15) is 30.4 Å². The van der Waals surface area contributed by atoms with E-state index in [1.165, 1.54) is 6.07 Å². The molecule has 0 saturated carbocycles. The van der Waals surface area contributed by atoms with Crippen LogP contribution in [0.2, 0.25) is 0 Å². The van der Waals surface area contributed by atoms with Crippen molar-refractivity contribution in [2.24, 2.45) is 0 Å². The summed E-state index contributed by atoms with van der Waals surface area (Å²) in [5, 5.41) is 3.28. The van der Waals surface area contributed by atoms with E-state index in [-0.39, 0.29) is 5.56 Å². The Morgan fingerprint density at radius 3 is 2.67 bits per heavy atom. The van der Waals surface area contributed by atoms with Crippen LogP contribution in [-0.4, -0.2) is 32.1 Å². The topological polar surface area (TPSA) is 15.3 Å². The minimum atomic E-state index is -2.38. The van der Waals surface area contributed by atoms with Gasteiger partial charge in [0, 0.05) is 12.1 Å². The van der Waals surface area contributed by atoms with Crippen LogP contribution in [0.25, 0.3) is 0 Å². The van der Waals surface area contributed by atoms with Gasteiger partial charge in [-0.1, -0.05) is 18.2 Å². The number of nitrogens with zero attached hydrogens (tertiary/aromatic N) is 1. The van der Waals surface area contributed by atoms with E-state index < -0.39 is 6.43 Å². The van der Waals surface area contributed by atoms with Crippen molar-refractivity contribution in [3.63, 3.8) is 0 Å². The lowest BCUT2D eigenvalue weighted by molar-refractivity contribution is 0.151. The van der Waals surface area contributed by atoms with E-state index in [1.54, 1.807) is 12.1 Å². The zero-order chi connectivity index (χ0) is 13.4. The Bertz CT molecular complexity index is 340. The Hall–Kier alpha value is -1.00. The average molecular weight is 256 g/mol. The van der Waals surface area contributed by atoms with Crippen LogP contribution in [0, 0.1) is 0 Å². The fourth-order valence-corrected chi connectivity index (χ4v) is 1.75. The fraction of sp³-hybridized carbons (Fsp3) is 0.571. The summed E-state index contributed by atoms with van der Waals surface area (Å²) in [5.74, 6) is 0. The van der Waals surface area contributed by atoms with Crippen LogP contribution < -0.4 is 5.32 Å². The Morgan fingerprint density at radius 1 is 1.22 bits per heavy atom. The predicted molar refractivity (Wildman–Crippen MR) is 70.9 cm³/mol. The van der Waals surface area contributed by atoms with Crippen molar-refractivity contribution in [1.29, 1.82) is 0 Å². The first-order valence-corrected chi connectivity index (χ1v) is 6.32. The summed E-state index contributed by atoms with van der Waals surface area (Å²) in [6.45, 7) is 2.66. The second kappa shape index (κ2) is 8.16. The fourth-order valence-electron chi connectivity index (χ4n) is 1.75. The molecule has 0 radical (unpaired) electrons. The van der Waals surface area contributed by atoms with Crippen LogP contribution in [0.3, 0.4) is 0 Å². The first-order chi connectivity index (χ1) is 8.59. The van der Waals surface area contributed by atoms with Gasteiger partial charge in [0.25, 0.3) is 6.43 Å². The number of unbranched alkanes of at least 4 members (excludes halogenated alkanes) is 1. The van der Waals surface area contributed by atoms with Gasteiger partial charge in [0.2, 0.25) is 0 Å². The van der Waals surface area contributed by atoms with E-state index in [4.69, 9.17) is 0 Å². The van der Waals surface area contributed by atoms with Crippen LogP contribution >= 0.6 is 0 Å². The van der Waals surface area contributed by atoms with Gasteiger partial charge in [-0.05, 0) is 51.7 Å². The molecule has 0 amide bonds. The normalized spacial score (nSPS) is 11.4. The highest BCUT2D eigenvalue weighted by molar-refractivity contribution is 5.24. The number of benzene rings is 1. The van der Waals surface area contributed by atoms with Gasteiger partial charge in [-0.2, -0.15) is 0 Å². The molecule has 0 aromatic heterocycles. The second-order valence-electron chi connectivity index (χ2n) is 4.73. The number of nitrogens with one attached hydrogen (secondary N) is 1. The average Bonchev–Trinajstić information content (AvgIpc) is 2.33. The van der Waals surface area contributed by atoms with Crippen LogP contribution in [0.4, 0.5) is 8.78 Å². The molecule has 0 unspecified atom stereocenters. The summed E-state index contributed by atoms with van der Waals surface area (Å²) in [6.07, 6.45) is -0.130. The first kappa shape index (κ1) is 15.1. The van der Waals surface area contributed by atoms with E-state index in [0.29, 0.717) is 6.54 Å². The maximum atomic E-state index is 12.5. The van der Waals surface area contributed by atoms with Crippen molar-refractivity contribution in [1.82, 2.24) is 10.2 Å². The molecule has 1 aromatic carbocycles. The molecule has 0 heterocycles. The standard InChI is InChI=1S/C14H22F2N2/c1-18(2)9-4-3-8-17-11-12-6-5-7-13(10-12)14(15)16/h5-7,10,14,17H,3-4,8-9,11H2,1-2H3. The van der Waals surface area contributed by atoms with E-state index in [1.807, 2.05) is 6.07 Å². The van der Waals surface area contributed by atoms with Gasteiger partial charge in [0.05, 0.1) is 0 Å². The zero-order valence-corrected chi connectivity index (χ0v) is 11.1.